The number of halogens is 3. The van der Waals surface area contributed by atoms with E-state index in [0.717, 1.165) is 12.1 Å². The molecule has 0 amide bonds. The normalized spacial score (nSPS) is 12.0. The van der Waals surface area contributed by atoms with Gasteiger partial charge in [-0.3, -0.25) is 4.72 Å². The summed E-state index contributed by atoms with van der Waals surface area (Å²) >= 11 is 0. The molecule has 0 aromatic heterocycles. The number of anilines is 1. The molecular weight excluding hydrogens is 331 g/mol. The Balaban J connectivity index is 2.46. The van der Waals surface area contributed by atoms with Crippen molar-refractivity contribution in [3.8, 4) is 5.75 Å². The lowest BCUT2D eigenvalue weighted by Crippen LogP contribution is -2.15. The van der Waals surface area contributed by atoms with Crippen LogP contribution in [0.3, 0.4) is 0 Å². The van der Waals surface area contributed by atoms with Crippen LogP contribution >= 0.6 is 0 Å². The molecule has 0 saturated heterocycles. The van der Waals surface area contributed by atoms with Gasteiger partial charge in [0.2, 0.25) is 0 Å². The van der Waals surface area contributed by atoms with Gasteiger partial charge in [-0.25, -0.2) is 8.42 Å². The first-order valence-corrected chi connectivity index (χ1v) is 7.96. The standard InChI is InChI=1S/C15H14F3NO3S/c1-10-4-3-5-12(8-10)23(20,21)19-13-9-11(15(16,17)18)6-7-14(13)22-2/h3-9,19H,1-2H3. The summed E-state index contributed by atoms with van der Waals surface area (Å²) in [5.41, 5.74) is -0.534. The number of alkyl halides is 3. The van der Waals surface area contributed by atoms with E-state index in [2.05, 4.69) is 4.72 Å². The van der Waals surface area contributed by atoms with Gasteiger partial charge in [0, 0.05) is 0 Å². The SMILES string of the molecule is COc1ccc(C(F)(F)F)cc1NS(=O)(=O)c1cccc(C)c1. The topological polar surface area (TPSA) is 55.4 Å². The van der Waals surface area contributed by atoms with Crippen LogP contribution in [0.4, 0.5) is 18.9 Å². The van der Waals surface area contributed by atoms with Crippen molar-refractivity contribution < 1.29 is 26.3 Å². The summed E-state index contributed by atoms with van der Waals surface area (Å²) in [6.45, 7) is 1.71. The first kappa shape index (κ1) is 17.1. The molecule has 0 aliphatic heterocycles. The summed E-state index contributed by atoms with van der Waals surface area (Å²) in [5, 5.41) is 0. The van der Waals surface area contributed by atoms with E-state index in [-0.39, 0.29) is 16.3 Å². The highest BCUT2D eigenvalue weighted by molar-refractivity contribution is 7.92. The Morgan fingerprint density at radius 1 is 1.09 bits per heavy atom. The molecule has 0 saturated carbocycles. The third-order valence-electron chi connectivity index (χ3n) is 3.07. The highest BCUT2D eigenvalue weighted by Gasteiger charge is 2.31. The molecule has 4 nitrogen and oxygen atoms in total. The quantitative estimate of drug-likeness (QED) is 0.916. The van der Waals surface area contributed by atoms with Crippen LogP contribution in [0, 0.1) is 6.92 Å². The molecule has 0 radical (unpaired) electrons. The van der Waals surface area contributed by atoms with Crippen LogP contribution in [0.2, 0.25) is 0 Å². The number of aryl methyl sites for hydroxylation is 1. The fraction of sp³-hybridized carbons (Fsp3) is 0.200. The van der Waals surface area contributed by atoms with Crippen molar-refractivity contribution in [3.63, 3.8) is 0 Å². The predicted octanol–water partition coefficient (Wildman–Crippen LogP) is 3.82. The first-order valence-electron chi connectivity index (χ1n) is 6.48. The van der Waals surface area contributed by atoms with E-state index in [4.69, 9.17) is 4.74 Å². The predicted molar refractivity (Wildman–Crippen MR) is 80.0 cm³/mol. The van der Waals surface area contributed by atoms with Crippen molar-refractivity contribution in [3.05, 3.63) is 53.6 Å². The average Bonchev–Trinajstić information content (AvgIpc) is 2.46. The van der Waals surface area contributed by atoms with Crippen LogP contribution in [-0.4, -0.2) is 15.5 Å². The average molecular weight is 345 g/mol. The molecule has 0 aliphatic carbocycles. The molecule has 0 spiro atoms. The smallest absolute Gasteiger partial charge is 0.416 e. The van der Waals surface area contributed by atoms with Crippen LogP contribution < -0.4 is 9.46 Å². The summed E-state index contributed by atoms with van der Waals surface area (Å²) in [6, 6.07) is 8.63. The minimum Gasteiger partial charge on any atom is -0.495 e. The molecule has 8 heteroatoms. The maximum absolute atomic E-state index is 12.8. The highest BCUT2D eigenvalue weighted by Crippen LogP contribution is 2.35. The first-order chi connectivity index (χ1) is 10.6. The van der Waals surface area contributed by atoms with Gasteiger partial charge in [-0.05, 0) is 42.8 Å². The zero-order chi connectivity index (χ0) is 17.3. The molecule has 0 aliphatic rings. The third kappa shape index (κ3) is 3.95. The fourth-order valence-electron chi connectivity index (χ4n) is 1.95. The second-order valence-electron chi connectivity index (χ2n) is 4.83. The Hall–Kier alpha value is -2.22. The number of methoxy groups -OCH3 is 1. The molecule has 0 heterocycles. The molecular formula is C15H14F3NO3S. The van der Waals surface area contributed by atoms with E-state index < -0.39 is 21.8 Å². The van der Waals surface area contributed by atoms with Crippen LogP contribution in [0.5, 0.6) is 5.75 Å². The van der Waals surface area contributed by atoms with Crippen molar-refractivity contribution in [1.29, 1.82) is 0 Å². The minimum atomic E-state index is -4.59. The third-order valence-corrected chi connectivity index (χ3v) is 4.43. The Morgan fingerprint density at radius 2 is 1.78 bits per heavy atom. The van der Waals surface area contributed by atoms with Crippen LogP contribution in [0.1, 0.15) is 11.1 Å². The second-order valence-corrected chi connectivity index (χ2v) is 6.52. The lowest BCUT2D eigenvalue weighted by atomic mass is 10.2. The molecule has 0 atom stereocenters. The lowest BCUT2D eigenvalue weighted by molar-refractivity contribution is -0.137. The maximum Gasteiger partial charge on any atom is 0.416 e. The van der Waals surface area contributed by atoms with E-state index >= 15 is 0 Å². The van der Waals surface area contributed by atoms with Crippen molar-refractivity contribution in [2.24, 2.45) is 0 Å². The van der Waals surface area contributed by atoms with Crippen LogP contribution in [0.25, 0.3) is 0 Å². The largest absolute Gasteiger partial charge is 0.495 e. The number of hydrogen-bond donors (Lipinski definition) is 1. The summed E-state index contributed by atoms with van der Waals surface area (Å²) < 4.78 is 70.1. The molecule has 2 rings (SSSR count). The second kappa shape index (κ2) is 6.11. The van der Waals surface area contributed by atoms with Gasteiger partial charge in [0.25, 0.3) is 10.0 Å². The van der Waals surface area contributed by atoms with Crippen molar-refractivity contribution in [2.45, 2.75) is 18.0 Å². The van der Waals surface area contributed by atoms with Crippen LogP contribution in [-0.2, 0) is 16.2 Å². The number of nitrogens with one attached hydrogen (secondary N) is 1. The van der Waals surface area contributed by atoms with Gasteiger partial charge in [0.05, 0.1) is 23.3 Å². The van der Waals surface area contributed by atoms with Crippen molar-refractivity contribution in [2.75, 3.05) is 11.8 Å². The monoisotopic (exact) mass is 345 g/mol. The Kier molecular flexibility index (Phi) is 4.56. The number of rotatable bonds is 4. The minimum absolute atomic E-state index is 0.00534. The molecule has 0 fully saturated rings. The number of benzene rings is 2. The number of ether oxygens (including phenoxy) is 1. The number of sulfonamides is 1. The lowest BCUT2D eigenvalue weighted by Gasteiger charge is -2.15. The molecule has 1 N–H and O–H groups in total. The molecule has 2 aromatic rings. The summed E-state index contributed by atoms with van der Waals surface area (Å²) in [6.07, 6.45) is -4.59. The van der Waals surface area contributed by atoms with Gasteiger partial charge >= 0.3 is 6.18 Å². The van der Waals surface area contributed by atoms with Gasteiger partial charge in [0.1, 0.15) is 5.75 Å². The fourth-order valence-corrected chi connectivity index (χ4v) is 3.12. The molecule has 23 heavy (non-hydrogen) atoms. The Morgan fingerprint density at radius 3 is 2.35 bits per heavy atom. The summed E-state index contributed by atoms with van der Waals surface area (Å²) in [4.78, 5) is -0.0445. The van der Waals surface area contributed by atoms with E-state index in [1.54, 1.807) is 19.1 Å². The van der Waals surface area contributed by atoms with Gasteiger partial charge in [-0.2, -0.15) is 13.2 Å². The van der Waals surface area contributed by atoms with Gasteiger partial charge < -0.3 is 4.74 Å². The van der Waals surface area contributed by atoms with Gasteiger partial charge in [-0.1, -0.05) is 12.1 Å². The molecule has 0 bridgehead atoms. The van der Waals surface area contributed by atoms with E-state index in [1.165, 1.54) is 19.2 Å². The highest BCUT2D eigenvalue weighted by atomic mass is 32.2. The Labute approximate surface area is 132 Å². The van der Waals surface area contributed by atoms with Crippen molar-refractivity contribution >= 4 is 15.7 Å². The van der Waals surface area contributed by atoms with E-state index in [0.29, 0.717) is 11.6 Å². The van der Waals surface area contributed by atoms with Gasteiger partial charge in [-0.15, -0.1) is 0 Å². The Bertz CT molecular complexity index is 817. The summed E-state index contributed by atoms with van der Waals surface area (Å²) in [7, 11) is -2.78. The maximum atomic E-state index is 12.8. The molecule has 0 unspecified atom stereocenters. The molecule has 124 valence electrons. The summed E-state index contributed by atoms with van der Waals surface area (Å²) in [5.74, 6) is -0.00534. The zero-order valence-electron chi connectivity index (χ0n) is 12.3. The van der Waals surface area contributed by atoms with E-state index in [1.807, 2.05) is 0 Å². The van der Waals surface area contributed by atoms with Crippen LogP contribution in [0.15, 0.2) is 47.4 Å². The molecule has 2 aromatic carbocycles. The van der Waals surface area contributed by atoms with Gasteiger partial charge in [0.15, 0.2) is 0 Å². The number of hydrogen-bond acceptors (Lipinski definition) is 3. The van der Waals surface area contributed by atoms with Crippen molar-refractivity contribution in [1.82, 2.24) is 0 Å². The zero-order valence-corrected chi connectivity index (χ0v) is 13.1. The van der Waals surface area contributed by atoms with E-state index in [9.17, 15) is 21.6 Å².